The number of hydrogen-bond acceptors (Lipinski definition) is 5. The molecule has 0 aliphatic carbocycles. The number of ether oxygens (including phenoxy) is 1. The molecular formula is C14H16N4O2. The van der Waals surface area contributed by atoms with Gasteiger partial charge in [-0.05, 0) is 18.6 Å². The number of nitrogens with zero attached hydrogens (tertiary/aromatic N) is 3. The summed E-state index contributed by atoms with van der Waals surface area (Å²) in [6.45, 7) is 1.79. The number of aliphatic hydroxyl groups excluding tert-OH is 1. The van der Waals surface area contributed by atoms with E-state index >= 15 is 0 Å². The Morgan fingerprint density at radius 1 is 1.65 bits per heavy atom. The predicted octanol–water partition coefficient (Wildman–Crippen LogP) is 0.773. The Morgan fingerprint density at radius 2 is 2.45 bits per heavy atom. The fourth-order valence-corrected chi connectivity index (χ4v) is 2.74. The van der Waals surface area contributed by atoms with Crippen LogP contribution in [0.15, 0.2) is 18.5 Å². The smallest absolute Gasteiger partial charge is 0.154 e. The van der Waals surface area contributed by atoms with E-state index in [-0.39, 0.29) is 18.6 Å². The van der Waals surface area contributed by atoms with Crippen molar-refractivity contribution in [2.45, 2.75) is 25.0 Å². The number of rotatable bonds is 2. The lowest BCUT2D eigenvalue weighted by Crippen LogP contribution is -2.36. The van der Waals surface area contributed by atoms with E-state index in [0.717, 1.165) is 17.6 Å². The molecular weight excluding hydrogens is 256 g/mol. The SMILES string of the molecule is C#C[C@]1(CO)O[C@@H](c2ccc3c(N)ncnn23)C[C@@H]1C. The van der Waals surface area contributed by atoms with Crippen molar-refractivity contribution in [3.8, 4) is 12.3 Å². The van der Waals surface area contributed by atoms with Crippen molar-refractivity contribution >= 4 is 11.3 Å². The van der Waals surface area contributed by atoms with Gasteiger partial charge in [0.2, 0.25) is 0 Å². The van der Waals surface area contributed by atoms with E-state index in [1.54, 1.807) is 4.52 Å². The maximum atomic E-state index is 9.54. The van der Waals surface area contributed by atoms with Crippen molar-refractivity contribution in [2.24, 2.45) is 5.92 Å². The Morgan fingerprint density at radius 3 is 3.10 bits per heavy atom. The van der Waals surface area contributed by atoms with Crippen LogP contribution in [0.2, 0.25) is 0 Å². The summed E-state index contributed by atoms with van der Waals surface area (Å²) in [5.74, 6) is 3.07. The van der Waals surface area contributed by atoms with Crippen LogP contribution in [-0.2, 0) is 4.74 Å². The van der Waals surface area contributed by atoms with Crippen molar-refractivity contribution < 1.29 is 9.84 Å². The molecule has 104 valence electrons. The van der Waals surface area contributed by atoms with Gasteiger partial charge in [-0.15, -0.1) is 6.42 Å². The van der Waals surface area contributed by atoms with Crippen LogP contribution in [0.25, 0.3) is 5.52 Å². The second-order valence-electron chi connectivity index (χ2n) is 5.14. The van der Waals surface area contributed by atoms with Gasteiger partial charge < -0.3 is 15.6 Å². The van der Waals surface area contributed by atoms with Crippen LogP contribution in [0, 0.1) is 18.3 Å². The van der Waals surface area contributed by atoms with E-state index in [0.29, 0.717) is 5.82 Å². The first kappa shape index (κ1) is 12.9. The van der Waals surface area contributed by atoms with E-state index in [4.69, 9.17) is 16.9 Å². The van der Waals surface area contributed by atoms with Gasteiger partial charge in [0.05, 0.1) is 12.3 Å². The van der Waals surface area contributed by atoms with E-state index in [1.807, 2.05) is 19.1 Å². The van der Waals surface area contributed by atoms with Gasteiger partial charge in [0.1, 0.15) is 17.9 Å². The standard InChI is InChI=1S/C14H16N4O2/c1-3-14(7-19)9(2)6-12(20-14)10-4-5-11-13(15)16-8-17-18(10)11/h1,4-5,8-9,12,19H,6-7H2,2H3,(H2,15,16,17)/t9-,12+,14+/m0/s1. The molecule has 0 aromatic carbocycles. The minimum absolute atomic E-state index is 0.0623. The minimum atomic E-state index is -0.923. The Bertz CT molecular complexity index is 690. The summed E-state index contributed by atoms with van der Waals surface area (Å²) in [4.78, 5) is 3.96. The molecule has 1 aliphatic rings. The molecule has 3 heterocycles. The molecule has 2 aromatic rings. The Balaban J connectivity index is 2.02. The van der Waals surface area contributed by atoms with Gasteiger partial charge in [-0.2, -0.15) is 5.10 Å². The molecule has 3 rings (SSSR count). The number of aromatic nitrogens is 3. The fourth-order valence-electron chi connectivity index (χ4n) is 2.74. The zero-order valence-corrected chi connectivity index (χ0v) is 11.2. The number of nitrogen functional groups attached to an aromatic ring is 1. The summed E-state index contributed by atoms with van der Waals surface area (Å²) in [6, 6.07) is 3.76. The molecule has 1 fully saturated rings. The largest absolute Gasteiger partial charge is 0.392 e. The first-order valence-electron chi connectivity index (χ1n) is 6.46. The molecule has 0 bridgehead atoms. The van der Waals surface area contributed by atoms with Crippen molar-refractivity contribution in [2.75, 3.05) is 12.3 Å². The Labute approximate surface area is 116 Å². The van der Waals surface area contributed by atoms with Gasteiger partial charge >= 0.3 is 0 Å². The second kappa shape index (κ2) is 4.47. The highest BCUT2D eigenvalue weighted by Crippen LogP contribution is 2.43. The van der Waals surface area contributed by atoms with Crippen LogP contribution in [0.3, 0.4) is 0 Å². The van der Waals surface area contributed by atoms with Gasteiger partial charge in [0, 0.05) is 5.92 Å². The van der Waals surface area contributed by atoms with Crippen LogP contribution in [0.1, 0.15) is 25.1 Å². The lowest BCUT2D eigenvalue weighted by atomic mass is 9.89. The average Bonchev–Trinajstić information content (AvgIpc) is 3.01. The van der Waals surface area contributed by atoms with Crippen LogP contribution in [0.4, 0.5) is 5.82 Å². The molecule has 0 spiro atoms. The molecule has 0 unspecified atom stereocenters. The number of nitrogens with two attached hydrogens (primary N) is 1. The summed E-state index contributed by atoms with van der Waals surface area (Å²) in [5.41, 5.74) is 6.50. The number of aliphatic hydroxyl groups is 1. The van der Waals surface area contributed by atoms with Gasteiger partial charge in [0.25, 0.3) is 0 Å². The Hall–Kier alpha value is -2.10. The average molecular weight is 272 g/mol. The number of terminal acetylenes is 1. The highest BCUT2D eigenvalue weighted by molar-refractivity contribution is 5.65. The van der Waals surface area contributed by atoms with Gasteiger partial charge in [-0.1, -0.05) is 12.8 Å². The molecule has 0 amide bonds. The zero-order valence-electron chi connectivity index (χ0n) is 11.2. The first-order valence-corrected chi connectivity index (χ1v) is 6.46. The molecule has 6 nitrogen and oxygen atoms in total. The number of anilines is 1. The van der Waals surface area contributed by atoms with Crippen molar-refractivity contribution in [1.29, 1.82) is 0 Å². The Kier molecular flexibility index (Phi) is 2.89. The summed E-state index contributed by atoms with van der Waals surface area (Å²) >= 11 is 0. The molecule has 0 saturated carbocycles. The number of hydrogen-bond donors (Lipinski definition) is 2. The van der Waals surface area contributed by atoms with Crippen LogP contribution in [0.5, 0.6) is 0 Å². The summed E-state index contributed by atoms with van der Waals surface area (Å²) in [6.07, 6.45) is 7.45. The quantitative estimate of drug-likeness (QED) is 0.789. The van der Waals surface area contributed by atoms with Crippen molar-refractivity contribution in [1.82, 2.24) is 14.6 Å². The van der Waals surface area contributed by atoms with Gasteiger partial charge in [-0.3, -0.25) is 0 Å². The fraction of sp³-hybridized carbons (Fsp3) is 0.429. The minimum Gasteiger partial charge on any atom is -0.392 e. The normalized spacial score (nSPS) is 29.6. The predicted molar refractivity (Wildman–Crippen MR) is 73.7 cm³/mol. The van der Waals surface area contributed by atoms with E-state index in [9.17, 15) is 5.11 Å². The molecule has 3 N–H and O–H groups in total. The molecule has 0 radical (unpaired) electrons. The van der Waals surface area contributed by atoms with Crippen molar-refractivity contribution in [3.63, 3.8) is 0 Å². The second-order valence-corrected chi connectivity index (χ2v) is 5.14. The van der Waals surface area contributed by atoms with E-state index < -0.39 is 5.60 Å². The van der Waals surface area contributed by atoms with Gasteiger partial charge in [0.15, 0.2) is 11.4 Å². The molecule has 2 aromatic heterocycles. The lowest BCUT2D eigenvalue weighted by molar-refractivity contribution is -0.0500. The monoisotopic (exact) mass is 272 g/mol. The maximum Gasteiger partial charge on any atom is 0.154 e. The van der Waals surface area contributed by atoms with E-state index in [1.165, 1.54) is 6.33 Å². The molecule has 6 heteroatoms. The van der Waals surface area contributed by atoms with Crippen LogP contribution in [-0.4, -0.2) is 31.9 Å². The molecule has 3 atom stereocenters. The maximum absolute atomic E-state index is 9.54. The third kappa shape index (κ3) is 1.68. The molecule has 20 heavy (non-hydrogen) atoms. The lowest BCUT2D eigenvalue weighted by Gasteiger charge is -2.24. The third-order valence-corrected chi connectivity index (χ3v) is 4.04. The summed E-state index contributed by atoms with van der Waals surface area (Å²) in [5, 5.41) is 13.7. The number of fused-ring (bicyclic) bond motifs is 1. The summed E-state index contributed by atoms with van der Waals surface area (Å²) in [7, 11) is 0. The zero-order chi connectivity index (χ0) is 14.3. The molecule has 1 saturated heterocycles. The molecule has 1 aliphatic heterocycles. The van der Waals surface area contributed by atoms with Crippen molar-refractivity contribution in [3.05, 3.63) is 24.2 Å². The summed E-state index contributed by atoms with van der Waals surface area (Å²) < 4.78 is 7.66. The topological polar surface area (TPSA) is 85.7 Å². The van der Waals surface area contributed by atoms with Gasteiger partial charge in [-0.25, -0.2) is 9.50 Å². The third-order valence-electron chi connectivity index (χ3n) is 4.04. The van der Waals surface area contributed by atoms with Crippen LogP contribution >= 0.6 is 0 Å². The van der Waals surface area contributed by atoms with Crippen LogP contribution < -0.4 is 5.73 Å². The highest BCUT2D eigenvalue weighted by atomic mass is 16.5. The van der Waals surface area contributed by atoms with E-state index in [2.05, 4.69) is 16.0 Å². The highest BCUT2D eigenvalue weighted by Gasteiger charge is 2.46. The first-order chi connectivity index (χ1) is 9.61.